The van der Waals surface area contributed by atoms with E-state index in [1.54, 1.807) is 0 Å². The summed E-state index contributed by atoms with van der Waals surface area (Å²) in [5, 5.41) is 8.70. The van der Waals surface area contributed by atoms with Crippen molar-refractivity contribution in [1.82, 2.24) is 0 Å². The highest BCUT2D eigenvalue weighted by Gasteiger charge is 2.14. The molecule has 1 unspecified atom stereocenters. The van der Waals surface area contributed by atoms with E-state index in [-0.39, 0.29) is 18.5 Å². The van der Waals surface area contributed by atoms with Crippen LogP contribution in [0.2, 0.25) is 0 Å². The molecule has 0 bridgehead atoms. The van der Waals surface area contributed by atoms with Gasteiger partial charge in [0.25, 0.3) is 0 Å². The largest absolute Gasteiger partial charge is 0.481 e. The van der Waals surface area contributed by atoms with Crippen LogP contribution in [0.5, 0.6) is 0 Å². The number of esters is 1. The third kappa shape index (κ3) is 33.2. The van der Waals surface area contributed by atoms with Crippen molar-refractivity contribution in [2.75, 3.05) is 0 Å². The van der Waals surface area contributed by atoms with Crippen LogP contribution in [0.15, 0.2) is 12.2 Å². The summed E-state index contributed by atoms with van der Waals surface area (Å²) in [4.78, 5) is 23.0. The lowest BCUT2D eigenvalue weighted by molar-refractivity contribution is -0.150. The molecule has 0 saturated heterocycles. The van der Waals surface area contributed by atoms with Crippen LogP contribution in [-0.2, 0) is 14.3 Å². The molecular weight excluding hydrogens is 520 g/mol. The fourth-order valence-electron chi connectivity index (χ4n) is 5.69. The first kappa shape index (κ1) is 40.7. The number of hydrogen-bond acceptors (Lipinski definition) is 3. The van der Waals surface area contributed by atoms with Crippen molar-refractivity contribution in [2.24, 2.45) is 0 Å². The van der Waals surface area contributed by atoms with Crippen LogP contribution in [0.3, 0.4) is 0 Å². The third-order valence-corrected chi connectivity index (χ3v) is 8.49. The number of carboxylic acid groups (broad SMARTS) is 1. The van der Waals surface area contributed by atoms with Gasteiger partial charge in [-0.05, 0) is 57.8 Å². The van der Waals surface area contributed by atoms with E-state index in [0.717, 1.165) is 77.0 Å². The summed E-state index contributed by atoms with van der Waals surface area (Å²) in [5.74, 6) is -0.697. The van der Waals surface area contributed by atoms with Gasteiger partial charge < -0.3 is 9.84 Å². The molecule has 248 valence electrons. The average molecular weight is 593 g/mol. The van der Waals surface area contributed by atoms with Crippen LogP contribution in [0.4, 0.5) is 0 Å². The van der Waals surface area contributed by atoms with Crippen LogP contribution >= 0.6 is 0 Å². The van der Waals surface area contributed by atoms with Crippen molar-refractivity contribution >= 4 is 11.9 Å². The molecule has 4 heteroatoms. The molecule has 0 aromatic carbocycles. The lowest BCUT2D eigenvalue weighted by atomic mass is 10.0. The van der Waals surface area contributed by atoms with Crippen LogP contribution < -0.4 is 0 Å². The highest BCUT2D eigenvalue weighted by molar-refractivity contribution is 5.69. The first-order valence-corrected chi connectivity index (χ1v) is 18.7. The zero-order chi connectivity index (χ0) is 30.8. The number of carboxylic acids is 1. The van der Waals surface area contributed by atoms with Gasteiger partial charge in [-0.15, -0.1) is 0 Å². The second-order valence-corrected chi connectivity index (χ2v) is 12.8. The summed E-state index contributed by atoms with van der Waals surface area (Å²) in [6.07, 6.45) is 41.4. The van der Waals surface area contributed by atoms with E-state index in [2.05, 4.69) is 26.0 Å². The molecule has 42 heavy (non-hydrogen) atoms. The molecule has 0 rings (SSSR count). The van der Waals surface area contributed by atoms with E-state index in [0.29, 0.717) is 6.42 Å². The second-order valence-electron chi connectivity index (χ2n) is 12.8. The maximum absolute atomic E-state index is 12.4. The Hall–Kier alpha value is -1.32. The number of ether oxygens (including phenoxy) is 1. The highest BCUT2D eigenvalue weighted by Crippen LogP contribution is 2.18. The Bertz CT molecular complexity index is 600. The molecule has 0 aromatic heterocycles. The van der Waals surface area contributed by atoms with Gasteiger partial charge in [0.05, 0.1) is 0 Å². The number of carbonyl (C=O) groups is 2. The minimum absolute atomic E-state index is 0.00179. The van der Waals surface area contributed by atoms with E-state index < -0.39 is 5.97 Å². The van der Waals surface area contributed by atoms with E-state index >= 15 is 0 Å². The molecule has 0 fully saturated rings. The maximum Gasteiger partial charge on any atom is 0.306 e. The van der Waals surface area contributed by atoms with E-state index in [4.69, 9.17) is 9.84 Å². The van der Waals surface area contributed by atoms with E-state index in [1.807, 2.05) is 0 Å². The molecule has 0 heterocycles. The van der Waals surface area contributed by atoms with E-state index in [9.17, 15) is 9.59 Å². The Morgan fingerprint density at radius 2 is 0.881 bits per heavy atom. The maximum atomic E-state index is 12.4. The second kappa shape index (κ2) is 34.2. The molecule has 0 radical (unpaired) electrons. The number of hydrogen-bond donors (Lipinski definition) is 1. The molecule has 0 spiro atoms. The minimum atomic E-state index is -0.695. The number of carbonyl (C=O) groups excluding carboxylic acids is 1. The van der Waals surface area contributed by atoms with Gasteiger partial charge in [-0.1, -0.05) is 154 Å². The Labute approximate surface area is 262 Å². The predicted octanol–water partition coefficient (Wildman–Crippen LogP) is 12.7. The van der Waals surface area contributed by atoms with Gasteiger partial charge in [-0.3, -0.25) is 9.59 Å². The monoisotopic (exact) mass is 593 g/mol. The predicted molar refractivity (Wildman–Crippen MR) is 181 cm³/mol. The van der Waals surface area contributed by atoms with Crippen molar-refractivity contribution in [3.05, 3.63) is 12.2 Å². The van der Waals surface area contributed by atoms with Crippen LogP contribution in [-0.4, -0.2) is 23.1 Å². The van der Waals surface area contributed by atoms with Crippen molar-refractivity contribution in [3.63, 3.8) is 0 Å². The van der Waals surface area contributed by atoms with Gasteiger partial charge in [0, 0.05) is 12.8 Å². The Balaban J connectivity index is 3.54. The lowest BCUT2D eigenvalue weighted by Gasteiger charge is -2.18. The SMILES string of the molecule is CCCCCCCC/C=C\CCCCCCCCCCCCCC(=O)OC(CCCC)CCCCCCCCC(=O)O. The van der Waals surface area contributed by atoms with Crippen molar-refractivity contribution in [3.8, 4) is 0 Å². The topological polar surface area (TPSA) is 63.6 Å². The molecule has 0 aliphatic carbocycles. The summed E-state index contributed by atoms with van der Waals surface area (Å²) in [5.41, 5.74) is 0. The molecule has 1 atom stereocenters. The first-order valence-electron chi connectivity index (χ1n) is 18.7. The Morgan fingerprint density at radius 1 is 0.500 bits per heavy atom. The van der Waals surface area contributed by atoms with Gasteiger partial charge in [0.15, 0.2) is 0 Å². The van der Waals surface area contributed by atoms with Crippen LogP contribution in [0, 0.1) is 0 Å². The standard InChI is InChI=1S/C38H72O4/c1-3-5-7-8-9-10-11-12-13-14-15-16-17-18-19-20-21-22-23-28-31-35-38(41)42-36(32-6-4-2)33-29-26-24-25-27-30-34-37(39)40/h12-13,36H,3-11,14-35H2,1-2H3,(H,39,40)/b13-12-. The number of unbranched alkanes of at least 4 members (excludes halogenated alkanes) is 23. The quantitative estimate of drug-likeness (QED) is 0.0458. The average Bonchev–Trinajstić information content (AvgIpc) is 2.97. The normalized spacial score (nSPS) is 12.2. The smallest absolute Gasteiger partial charge is 0.306 e. The van der Waals surface area contributed by atoms with Gasteiger partial charge in [0.2, 0.25) is 0 Å². The van der Waals surface area contributed by atoms with Crippen molar-refractivity contribution in [2.45, 2.75) is 219 Å². The lowest BCUT2D eigenvalue weighted by Crippen LogP contribution is -2.18. The fraction of sp³-hybridized carbons (Fsp3) is 0.895. The van der Waals surface area contributed by atoms with E-state index in [1.165, 1.54) is 109 Å². The van der Waals surface area contributed by atoms with Gasteiger partial charge in [-0.2, -0.15) is 0 Å². The number of allylic oxidation sites excluding steroid dienone is 2. The van der Waals surface area contributed by atoms with Gasteiger partial charge in [-0.25, -0.2) is 0 Å². The minimum Gasteiger partial charge on any atom is -0.481 e. The fourth-order valence-corrected chi connectivity index (χ4v) is 5.69. The molecule has 0 aliphatic rings. The molecule has 0 aliphatic heterocycles. The summed E-state index contributed by atoms with van der Waals surface area (Å²) in [6, 6.07) is 0. The zero-order valence-corrected chi connectivity index (χ0v) is 28.3. The van der Waals surface area contributed by atoms with Crippen LogP contribution in [0.25, 0.3) is 0 Å². The molecule has 0 aromatic rings. The molecule has 1 N–H and O–H groups in total. The van der Waals surface area contributed by atoms with Crippen LogP contribution in [0.1, 0.15) is 213 Å². The molecule has 0 amide bonds. The summed E-state index contributed by atoms with van der Waals surface area (Å²) < 4.78 is 5.86. The molecule has 0 saturated carbocycles. The Kier molecular flexibility index (Phi) is 33.1. The summed E-state index contributed by atoms with van der Waals surface area (Å²) in [6.45, 7) is 4.47. The van der Waals surface area contributed by atoms with Gasteiger partial charge in [0.1, 0.15) is 6.10 Å². The summed E-state index contributed by atoms with van der Waals surface area (Å²) >= 11 is 0. The molecule has 4 nitrogen and oxygen atoms in total. The van der Waals surface area contributed by atoms with Crippen molar-refractivity contribution < 1.29 is 19.4 Å². The molecular formula is C38H72O4. The number of rotatable bonds is 34. The van der Waals surface area contributed by atoms with Gasteiger partial charge >= 0.3 is 11.9 Å². The first-order chi connectivity index (χ1) is 20.6. The highest BCUT2D eigenvalue weighted by atomic mass is 16.5. The zero-order valence-electron chi connectivity index (χ0n) is 28.3. The van der Waals surface area contributed by atoms with Crippen molar-refractivity contribution in [1.29, 1.82) is 0 Å². The summed E-state index contributed by atoms with van der Waals surface area (Å²) in [7, 11) is 0. The number of aliphatic carboxylic acids is 1. The third-order valence-electron chi connectivity index (χ3n) is 8.49. The Morgan fingerprint density at radius 3 is 1.36 bits per heavy atom.